The Morgan fingerprint density at radius 2 is 2.15 bits per heavy atom. The summed E-state index contributed by atoms with van der Waals surface area (Å²) in [5.74, 6) is 0.834. The lowest BCUT2D eigenvalue weighted by Gasteiger charge is -2.12. The van der Waals surface area contributed by atoms with Crippen LogP contribution in [0, 0.1) is 0 Å². The highest BCUT2D eigenvalue weighted by Crippen LogP contribution is 2.02. The Morgan fingerprint density at radius 3 is 2.85 bits per heavy atom. The standard InChI is InChI=1S/C15H20N4O/c16-13(11-12-5-2-1-3-6-12)15(20)19-8-4-7-14-17-9-10-18-14/h1-3,5-6,9-10,13H,4,7-8,11,16H2,(H,17,18)(H,19,20)/t13-/m0/s1. The van der Waals surface area contributed by atoms with Crippen molar-refractivity contribution < 1.29 is 4.79 Å². The largest absolute Gasteiger partial charge is 0.355 e. The molecular weight excluding hydrogens is 252 g/mol. The molecule has 0 saturated heterocycles. The number of nitrogens with two attached hydrogens (primary N) is 1. The molecule has 0 bridgehead atoms. The van der Waals surface area contributed by atoms with Crippen LogP contribution in [0.1, 0.15) is 17.8 Å². The number of hydrogen-bond donors (Lipinski definition) is 3. The third kappa shape index (κ3) is 4.51. The molecule has 20 heavy (non-hydrogen) atoms. The minimum absolute atomic E-state index is 0.103. The highest BCUT2D eigenvalue weighted by atomic mass is 16.2. The van der Waals surface area contributed by atoms with Gasteiger partial charge in [-0.1, -0.05) is 30.3 Å². The Kier molecular flexibility index (Phi) is 5.32. The first-order chi connectivity index (χ1) is 9.75. The van der Waals surface area contributed by atoms with Crippen LogP contribution in [0.15, 0.2) is 42.7 Å². The fraction of sp³-hybridized carbons (Fsp3) is 0.333. The number of amides is 1. The molecule has 0 aliphatic rings. The molecule has 0 radical (unpaired) electrons. The van der Waals surface area contributed by atoms with Gasteiger partial charge in [-0.15, -0.1) is 0 Å². The number of nitrogens with zero attached hydrogens (tertiary/aromatic N) is 1. The average molecular weight is 272 g/mol. The van der Waals surface area contributed by atoms with Gasteiger partial charge >= 0.3 is 0 Å². The normalized spacial score (nSPS) is 12.1. The molecule has 0 fully saturated rings. The van der Waals surface area contributed by atoms with E-state index >= 15 is 0 Å². The summed E-state index contributed by atoms with van der Waals surface area (Å²) in [5.41, 5.74) is 6.97. The van der Waals surface area contributed by atoms with Crippen molar-refractivity contribution in [1.82, 2.24) is 15.3 Å². The van der Waals surface area contributed by atoms with Crippen molar-refractivity contribution in [1.29, 1.82) is 0 Å². The SMILES string of the molecule is N[C@@H](Cc1ccccc1)C(=O)NCCCc1ncc[nH]1. The van der Waals surface area contributed by atoms with Gasteiger partial charge in [0.2, 0.25) is 5.91 Å². The number of carbonyl (C=O) groups excluding carboxylic acids is 1. The minimum Gasteiger partial charge on any atom is -0.355 e. The second kappa shape index (κ2) is 7.45. The molecule has 0 spiro atoms. The number of nitrogens with one attached hydrogen (secondary N) is 2. The number of benzene rings is 1. The Morgan fingerprint density at radius 1 is 1.35 bits per heavy atom. The van der Waals surface area contributed by atoms with E-state index < -0.39 is 6.04 Å². The Labute approximate surface area is 118 Å². The Hall–Kier alpha value is -2.14. The van der Waals surface area contributed by atoms with E-state index in [9.17, 15) is 4.79 Å². The second-order valence-corrected chi connectivity index (χ2v) is 4.73. The number of aromatic nitrogens is 2. The van der Waals surface area contributed by atoms with Crippen LogP contribution < -0.4 is 11.1 Å². The van der Waals surface area contributed by atoms with E-state index in [1.165, 1.54) is 0 Å². The smallest absolute Gasteiger partial charge is 0.237 e. The number of hydrogen-bond acceptors (Lipinski definition) is 3. The van der Waals surface area contributed by atoms with Crippen LogP contribution in [0.2, 0.25) is 0 Å². The molecule has 5 nitrogen and oxygen atoms in total. The fourth-order valence-electron chi connectivity index (χ4n) is 1.99. The summed E-state index contributed by atoms with van der Waals surface area (Å²) in [5, 5.41) is 2.86. The van der Waals surface area contributed by atoms with Gasteiger partial charge in [-0.3, -0.25) is 4.79 Å². The summed E-state index contributed by atoms with van der Waals surface area (Å²) < 4.78 is 0. The lowest BCUT2D eigenvalue weighted by molar-refractivity contribution is -0.122. The van der Waals surface area contributed by atoms with Gasteiger partial charge in [0.1, 0.15) is 5.82 Å². The first kappa shape index (κ1) is 14.3. The fourth-order valence-corrected chi connectivity index (χ4v) is 1.99. The first-order valence-electron chi connectivity index (χ1n) is 6.81. The van der Waals surface area contributed by atoms with Crippen LogP contribution in [0.4, 0.5) is 0 Å². The molecule has 0 aliphatic carbocycles. The average Bonchev–Trinajstić information content (AvgIpc) is 2.97. The summed E-state index contributed by atoms with van der Waals surface area (Å²) in [7, 11) is 0. The molecule has 0 unspecified atom stereocenters. The number of rotatable bonds is 7. The third-order valence-corrected chi connectivity index (χ3v) is 3.08. The summed E-state index contributed by atoms with van der Waals surface area (Å²) in [4.78, 5) is 19.0. The lowest BCUT2D eigenvalue weighted by atomic mass is 10.1. The minimum atomic E-state index is -0.499. The number of aryl methyl sites for hydroxylation is 1. The highest BCUT2D eigenvalue weighted by molar-refractivity contribution is 5.81. The Bertz CT molecular complexity index is 510. The van der Waals surface area contributed by atoms with Crippen molar-refractivity contribution in [3.8, 4) is 0 Å². The van der Waals surface area contributed by atoms with Crippen molar-refractivity contribution in [3.63, 3.8) is 0 Å². The van der Waals surface area contributed by atoms with E-state index in [2.05, 4.69) is 15.3 Å². The number of carbonyl (C=O) groups is 1. The molecule has 0 saturated carbocycles. The van der Waals surface area contributed by atoms with Crippen molar-refractivity contribution >= 4 is 5.91 Å². The lowest BCUT2D eigenvalue weighted by Crippen LogP contribution is -2.42. The van der Waals surface area contributed by atoms with Crippen molar-refractivity contribution in [2.45, 2.75) is 25.3 Å². The van der Waals surface area contributed by atoms with E-state index in [4.69, 9.17) is 5.73 Å². The highest BCUT2D eigenvalue weighted by Gasteiger charge is 2.13. The van der Waals surface area contributed by atoms with Gasteiger partial charge in [0.05, 0.1) is 6.04 Å². The topological polar surface area (TPSA) is 83.8 Å². The summed E-state index contributed by atoms with van der Waals surface area (Å²) >= 11 is 0. The maximum Gasteiger partial charge on any atom is 0.237 e. The van der Waals surface area contributed by atoms with E-state index in [-0.39, 0.29) is 5.91 Å². The van der Waals surface area contributed by atoms with Gasteiger partial charge in [0.25, 0.3) is 0 Å². The van der Waals surface area contributed by atoms with Crippen LogP contribution >= 0.6 is 0 Å². The monoisotopic (exact) mass is 272 g/mol. The summed E-state index contributed by atoms with van der Waals surface area (Å²) in [6.45, 7) is 0.613. The maximum atomic E-state index is 11.8. The zero-order valence-electron chi connectivity index (χ0n) is 11.4. The van der Waals surface area contributed by atoms with Crippen molar-refractivity contribution in [2.75, 3.05) is 6.54 Å². The predicted molar refractivity (Wildman–Crippen MR) is 78.0 cm³/mol. The quantitative estimate of drug-likeness (QED) is 0.658. The Balaban J connectivity index is 1.66. The molecule has 4 N–H and O–H groups in total. The number of H-pyrrole nitrogens is 1. The van der Waals surface area contributed by atoms with Gasteiger partial charge in [-0.05, 0) is 18.4 Å². The molecule has 0 aliphatic heterocycles. The predicted octanol–water partition coefficient (Wildman–Crippen LogP) is 1.03. The molecule has 1 aromatic carbocycles. The molecule has 1 aromatic heterocycles. The zero-order chi connectivity index (χ0) is 14.2. The first-order valence-corrected chi connectivity index (χ1v) is 6.81. The number of aromatic amines is 1. The van der Waals surface area contributed by atoms with Crippen molar-refractivity contribution in [2.24, 2.45) is 5.73 Å². The summed E-state index contributed by atoms with van der Waals surface area (Å²) in [6.07, 6.45) is 5.75. The molecule has 106 valence electrons. The molecule has 1 heterocycles. The van der Waals surface area contributed by atoms with E-state index in [0.29, 0.717) is 13.0 Å². The second-order valence-electron chi connectivity index (χ2n) is 4.73. The van der Waals surface area contributed by atoms with Gasteiger partial charge < -0.3 is 16.0 Å². The van der Waals surface area contributed by atoms with E-state index in [1.807, 2.05) is 30.3 Å². The van der Waals surface area contributed by atoms with E-state index in [0.717, 1.165) is 24.2 Å². The molecule has 2 rings (SSSR count). The van der Waals surface area contributed by atoms with Gasteiger partial charge in [-0.2, -0.15) is 0 Å². The summed E-state index contributed by atoms with van der Waals surface area (Å²) in [6, 6.07) is 9.30. The van der Waals surface area contributed by atoms with Crippen molar-refractivity contribution in [3.05, 3.63) is 54.1 Å². The third-order valence-electron chi connectivity index (χ3n) is 3.08. The van der Waals surface area contributed by atoms with E-state index in [1.54, 1.807) is 12.4 Å². The molecular formula is C15H20N4O. The van der Waals surface area contributed by atoms with Crippen LogP contribution in [-0.4, -0.2) is 28.5 Å². The van der Waals surface area contributed by atoms with Crippen LogP contribution in [0.3, 0.4) is 0 Å². The molecule has 1 amide bonds. The van der Waals surface area contributed by atoms with Crippen LogP contribution in [0.5, 0.6) is 0 Å². The van der Waals surface area contributed by atoms with Gasteiger partial charge in [0, 0.05) is 25.4 Å². The molecule has 2 aromatic rings. The van der Waals surface area contributed by atoms with Crippen LogP contribution in [-0.2, 0) is 17.6 Å². The molecule has 5 heteroatoms. The van der Waals surface area contributed by atoms with Gasteiger partial charge in [-0.25, -0.2) is 4.98 Å². The maximum absolute atomic E-state index is 11.8. The zero-order valence-corrected chi connectivity index (χ0v) is 11.4. The molecule has 1 atom stereocenters. The van der Waals surface area contributed by atoms with Gasteiger partial charge in [0.15, 0.2) is 0 Å². The number of imidazole rings is 1. The van der Waals surface area contributed by atoms with Crippen LogP contribution in [0.25, 0.3) is 0 Å².